The summed E-state index contributed by atoms with van der Waals surface area (Å²) in [5.74, 6) is -0.760. The minimum atomic E-state index is -3.00. The Morgan fingerprint density at radius 2 is 1.85 bits per heavy atom. The molecule has 246 valence electrons. The lowest BCUT2D eigenvalue weighted by molar-refractivity contribution is -0.150. The Bertz CT molecular complexity index is 1520. The van der Waals surface area contributed by atoms with Gasteiger partial charge < -0.3 is 29.3 Å². The first-order valence-corrected chi connectivity index (χ1v) is 19.8. The van der Waals surface area contributed by atoms with Crippen LogP contribution in [0.5, 0.6) is 0 Å². The molecule has 0 unspecified atom stereocenters. The van der Waals surface area contributed by atoms with Crippen molar-refractivity contribution in [3.05, 3.63) is 71.8 Å². The fourth-order valence-electron chi connectivity index (χ4n) is 8.51. The number of benzene rings is 2. The predicted octanol–water partition coefficient (Wildman–Crippen LogP) is 4.65. The van der Waals surface area contributed by atoms with Crippen LogP contribution in [0.4, 0.5) is 11.4 Å². The number of hydrogen-bond acceptors (Lipinski definition) is 6. The smallest absolute Gasteiger partial charge is 0.264 e. The van der Waals surface area contributed by atoms with E-state index in [0.29, 0.717) is 37.2 Å². The highest BCUT2D eigenvalue weighted by Gasteiger charge is 2.66. The molecule has 2 saturated heterocycles. The first-order chi connectivity index (χ1) is 22.0. The zero-order chi connectivity index (χ0) is 32.8. The third-order valence-electron chi connectivity index (χ3n) is 10.7. The van der Waals surface area contributed by atoms with Gasteiger partial charge in [-0.05, 0) is 61.7 Å². The molecule has 2 N–H and O–H groups in total. The minimum Gasteiger partial charge on any atom is -0.432 e. The molecule has 2 aromatic rings. The molecule has 1 spiro atoms. The normalized spacial score (nSPS) is 28.2. The van der Waals surface area contributed by atoms with Gasteiger partial charge in [0.2, 0.25) is 11.8 Å². The molecular formula is C36H47N3O6Si. The van der Waals surface area contributed by atoms with Gasteiger partial charge in [0.1, 0.15) is 0 Å². The minimum absolute atomic E-state index is 0.0131. The maximum absolute atomic E-state index is 14.6. The van der Waals surface area contributed by atoms with E-state index in [1.54, 1.807) is 15.9 Å². The molecule has 46 heavy (non-hydrogen) atoms. The van der Waals surface area contributed by atoms with Gasteiger partial charge in [0, 0.05) is 48.8 Å². The zero-order valence-electron chi connectivity index (χ0n) is 27.3. The Morgan fingerprint density at radius 3 is 2.57 bits per heavy atom. The monoisotopic (exact) mass is 645 g/mol. The van der Waals surface area contributed by atoms with Crippen LogP contribution in [0.25, 0.3) is 0 Å². The van der Waals surface area contributed by atoms with Gasteiger partial charge >= 0.3 is 0 Å². The average Bonchev–Trinajstić information content (AvgIpc) is 3.44. The SMILES string of the molecule is C=CCN1C(=O)[C@]2(O[C@H](CC(=O)N3Cc4ccccc4C[C@H]3CO)[C@@H]([Si](C)(C)O)[C@@H]2C)c2cc(N3CCCCCCC3=O)ccc21. The highest BCUT2D eigenvalue weighted by atomic mass is 28.4. The van der Waals surface area contributed by atoms with Gasteiger partial charge in [0.25, 0.3) is 5.91 Å². The number of anilines is 2. The molecule has 4 aliphatic heterocycles. The Hall–Kier alpha value is -3.31. The number of carbonyl (C=O) groups is 3. The lowest BCUT2D eigenvalue weighted by atomic mass is 9.82. The molecule has 3 amide bonds. The summed E-state index contributed by atoms with van der Waals surface area (Å²) < 4.78 is 6.93. The molecule has 6 rings (SSSR count). The third-order valence-corrected chi connectivity index (χ3v) is 13.2. The summed E-state index contributed by atoms with van der Waals surface area (Å²) in [6.07, 6.45) is 5.91. The highest BCUT2D eigenvalue weighted by Crippen LogP contribution is 2.60. The van der Waals surface area contributed by atoms with Crippen molar-refractivity contribution in [2.75, 3.05) is 29.5 Å². The van der Waals surface area contributed by atoms with E-state index in [1.165, 1.54) is 0 Å². The zero-order valence-corrected chi connectivity index (χ0v) is 28.3. The second kappa shape index (κ2) is 12.7. The molecule has 0 aliphatic carbocycles. The fraction of sp³-hybridized carbons (Fsp3) is 0.528. The van der Waals surface area contributed by atoms with Crippen molar-refractivity contribution >= 4 is 37.4 Å². The predicted molar refractivity (Wildman–Crippen MR) is 180 cm³/mol. The number of fused-ring (bicyclic) bond motifs is 3. The molecule has 0 aromatic heterocycles. The van der Waals surface area contributed by atoms with Crippen LogP contribution >= 0.6 is 0 Å². The maximum Gasteiger partial charge on any atom is 0.264 e. The average molecular weight is 646 g/mol. The molecule has 0 saturated carbocycles. The van der Waals surface area contributed by atoms with Gasteiger partial charge in [-0.2, -0.15) is 0 Å². The number of hydrogen-bond donors (Lipinski definition) is 2. The van der Waals surface area contributed by atoms with Gasteiger partial charge in [-0.15, -0.1) is 6.58 Å². The maximum atomic E-state index is 14.6. The molecule has 4 heterocycles. The summed E-state index contributed by atoms with van der Waals surface area (Å²) in [6.45, 7) is 10.7. The second-order valence-corrected chi connectivity index (χ2v) is 18.0. The Morgan fingerprint density at radius 1 is 1.11 bits per heavy atom. The van der Waals surface area contributed by atoms with E-state index in [-0.39, 0.29) is 43.3 Å². The third kappa shape index (κ3) is 5.53. The molecule has 5 atom stereocenters. The molecule has 10 heteroatoms. The first-order valence-electron chi connectivity index (χ1n) is 16.8. The summed E-state index contributed by atoms with van der Waals surface area (Å²) in [7, 11) is -3.00. The van der Waals surface area contributed by atoms with Crippen LogP contribution in [-0.4, -0.2) is 72.7 Å². The van der Waals surface area contributed by atoms with Crippen molar-refractivity contribution in [2.45, 2.75) is 94.8 Å². The van der Waals surface area contributed by atoms with Crippen LogP contribution in [0.15, 0.2) is 55.1 Å². The van der Waals surface area contributed by atoms with Crippen LogP contribution < -0.4 is 9.80 Å². The van der Waals surface area contributed by atoms with Gasteiger partial charge in [0.15, 0.2) is 13.9 Å². The van der Waals surface area contributed by atoms with Crippen molar-refractivity contribution in [3.8, 4) is 0 Å². The van der Waals surface area contributed by atoms with Crippen molar-refractivity contribution in [3.63, 3.8) is 0 Å². The number of amides is 3. The van der Waals surface area contributed by atoms with Gasteiger partial charge in [0.05, 0.1) is 30.9 Å². The number of ether oxygens (including phenoxy) is 1. The standard InChI is InChI=1S/C36H47N3O6Si/c1-5-17-38-30-16-15-27(37-18-11-7-6-8-14-32(37)41)20-29(30)36(35(38)43)24(2)34(46(3,4)44)31(45-36)21-33(42)39-22-26-13-10-9-12-25(26)19-28(39)23-40/h5,9-10,12-13,15-16,20,24,28,31,34,40,44H,1,6-8,11,14,17-19,21-23H2,2-4H3/t24-,28-,31+,34-,36+/m0/s1. The summed E-state index contributed by atoms with van der Waals surface area (Å²) in [5.41, 5.74) is 2.46. The summed E-state index contributed by atoms with van der Waals surface area (Å²) in [5, 5.41) is 10.3. The quantitative estimate of drug-likeness (QED) is 0.335. The summed E-state index contributed by atoms with van der Waals surface area (Å²) >= 11 is 0. The Balaban J connectivity index is 1.38. The number of carbonyl (C=O) groups excluding carboxylic acids is 3. The largest absolute Gasteiger partial charge is 0.432 e. The van der Waals surface area contributed by atoms with Gasteiger partial charge in [-0.25, -0.2) is 0 Å². The lowest BCUT2D eigenvalue weighted by Gasteiger charge is -2.37. The second-order valence-electron chi connectivity index (χ2n) is 14.0. The number of aliphatic hydroxyl groups excluding tert-OH is 1. The summed E-state index contributed by atoms with van der Waals surface area (Å²) in [6, 6.07) is 13.4. The molecular weight excluding hydrogens is 598 g/mol. The van der Waals surface area contributed by atoms with Gasteiger partial charge in [-0.3, -0.25) is 14.4 Å². The molecule has 4 aliphatic rings. The van der Waals surface area contributed by atoms with E-state index in [4.69, 9.17) is 4.74 Å². The van der Waals surface area contributed by atoms with E-state index in [2.05, 4.69) is 6.58 Å². The molecule has 0 radical (unpaired) electrons. The van der Waals surface area contributed by atoms with Crippen molar-refractivity contribution < 1.29 is 29.0 Å². The van der Waals surface area contributed by atoms with Crippen molar-refractivity contribution in [1.82, 2.24) is 4.90 Å². The van der Waals surface area contributed by atoms with E-state index < -0.39 is 31.5 Å². The molecule has 2 fully saturated rings. The lowest BCUT2D eigenvalue weighted by Crippen LogP contribution is -2.48. The summed E-state index contributed by atoms with van der Waals surface area (Å²) in [4.78, 5) is 58.8. The van der Waals surface area contributed by atoms with Gasteiger partial charge in [-0.1, -0.05) is 50.1 Å². The van der Waals surface area contributed by atoms with Crippen LogP contribution in [0.3, 0.4) is 0 Å². The van der Waals surface area contributed by atoms with Crippen LogP contribution in [0.2, 0.25) is 18.6 Å². The van der Waals surface area contributed by atoms with Crippen LogP contribution in [-0.2, 0) is 37.7 Å². The topological polar surface area (TPSA) is 111 Å². The molecule has 0 bridgehead atoms. The van der Waals surface area contributed by atoms with E-state index >= 15 is 0 Å². The van der Waals surface area contributed by atoms with E-state index in [1.807, 2.05) is 67.4 Å². The molecule has 2 aromatic carbocycles. The number of nitrogens with zero attached hydrogens (tertiary/aromatic N) is 3. The van der Waals surface area contributed by atoms with Crippen molar-refractivity contribution in [1.29, 1.82) is 0 Å². The van der Waals surface area contributed by atoms with Crippen LogP contribution in [0.1, 0.15) is 62.1 Å². The van der Waals surface area contributed by atoms with E-state index in [9.17, 15) is 24.3 Å². The number of aliphatic hydroxyl groups is 1. The highest BCUT2D eigenvalue weighted by molar-refractivity contribution is 6.71. The number of rotatable bonds is 7. The molecule has 9 nitrogen and oxygen atoms in total. The first kappa shape index (κ1) is 32.6. The van der Waals surface area contributed by atoms with Crippen LogP contribution in [0, 0.1) is 5.92 Å². The van der Waals surface area contributed by atoms with Crippen molar-refractivity contribution in [2.24, 2.45) is 5.92 Å². The Kier molecular flexibility index (Phi) is 9.01. The van der Waals surface area contributed by atoms with E-state index in [0.717, 1.165) is 42.5 Å². The fourth-order valence-corrected chi connectivity index (χ4v) is 11.1. The Labute approximate surface area is 273 Å².